The van der Waals surface area contributed by atoms with Gasteiger partial charge in [0.1, 0.15) is 26.3 Å². The average Bonchev–Trinajstić information content (AvgIpc) is 3.13. The Kier molecular flexibility index (Phi) is 23.7. The lowest BCUT2D eigenvalue weighted by Crippen LogP contribution is -2.38. The number of hydrogen-bond donors (Lipinski definition) is 0. The highest BCUT2D eigenvalue weighted by Crippen LogP contribution is 2.38. The van der Waals surface area contributed by atoms with Crippen molar-refractivity contribution in [2.75, 3.05) is 66.0 Å². The zero-order valence-electron chi connectivity index (χ0n) is 34.8. The lowest BCUT2D eigenvalue weighted by Gasteiger charge is -2.28. The largest absolute Gasteiger partial charge is 0.756 e. The molecule has 0 aliphatic heterocycles. The monoisotopic (exact) mass is 790 g/mol. The van der Waals surface area contributed by atoms with E-state index in [1.807, 2.05) is 57.5 Å². The minimum absolute atomic E-state index is 0.0735. The molecule has 0 saturated heterocycles. The molecule has 2 atom stereocenters. The van der Waals surface area contributed by atoms with Crippen LogP contribution in [0, 0.1) is 0 Å². The Labute approximate surface area is 331 Å². The normalized spacial score (nSPS) is 13.4. The van der Waals surface area contributed by atoms with Gasteiger partial charge in [-0.3, -0.25) is 18.9 Å². The number of ether oxygens (including phenoxy) is 2. The SMILES string of the molecule is CCCCCCCCCCCC(=O)OCC(COP(=O)([O-])OCC[N+](C)(C)C)OC(=O)CN(C)c1ccc2cc(C(=O)CCCCCCCCC)ccc2c1. The van der Waals surface area contributed by atoms with Crippen LogP contribution in [-0.2, 0) is 32.7 Å². The zero-order valence-corrected chi connectivity index (χ0v) is 35.7. The van der Waals surface area contributed by atoms with Gasteiger partial charge in [-0.1, -0.05) is 122 Å². The number of benzene rings is 2. The molecule has 2 unspecified atom stereocenters. The number of carbonyl (C=O) groups excluding carboxylic acids is 3. The predicted molar refractivity (Wildman–Crippen MR) is 219 cm³/mol. The summed E-state index contributed by atoms with van der Waals surface area (Å²) in [5.41, 5.74) is 1.45. The second-order valence-electron chi connectivity index (χ2n) is 15.9. The van der Waals surface area contributed by atoms with Crippen molar-refractivity contribution >= 4 is 42.0 Å². The Hall–Kier alpha value is -2.82. The van der Waals surface area contributed by atoms with Crippen LogP contribution in [0.4, 0.5) is 5.69 Å². The summed E-state index contributed by atoms with van der Waals surface area (Å²) in [7, 11) is 2.76. The van der Waals surface area contributed by atoms with Gasteiger partial charge in [0.15, 0.2) is 11.9 Å². The summed E-state index contributed by atoms with van der Waals surface area (Å²) >= 11 is 0. The first kappa shape index (κ1) is 48.3. The van der Waals surface area contributed by atoms with Gasteiger partial charge in [0, 0.05) is 31.1 Å². The van der Waals surface area contributed by atoms with Crippen LogP contribution in [0.1, 0.15) is 140 Å². The van der Waals surface area contributed by atoms with Gasteiger partial charge in [-0.15, -0.1) is 0 Å². The van der Waals surface area contributed by atoms with Crippen LogP contribution < -0.4 is 9.79 Å². The standard InChI is InChI=1S/C43H71N2O9P/c1-7-9-11-13-15-16-18-20-22-24-42(47)51-34-40(35-53-55(49,50)52-30-29-45(4,5)6)54-43(48)33-44(3)39-28-27-36-31-38(26-25-37(36)32-39)41(46)23-21-19-17-14-12-10-8-2/h25-28,31-32,40H,7-24,29-30,33-35H2,1-6H3. The summed E-state index contributed by atoms with van der Waals surface area (Å²) in [6.45, 7) is 3.72. The van der Waals surface area contributed by atoms with Crippen molar-refractivity contribution in [1.29, 1.82) is 0 Å². The molecule has 0 fully saturated rings. The molecule has 0 heterocycles. The Bertz CT molecular complexity index is 1460. The van der Waals surface area contributed by atoms with Crippen molar-refractivity contribution in [2.45, 2.75) is 136 Å². The number of likely N-dealkylation sites (N-methyl/N-ethyl adjacent to an activating group) is 2. The van der Waals surface area contributed by atoms with Crippen LogP contribution >= 0.6 is 7.82 Å². The molecule has 0 radical (unpaired) electrons. The molecular formula is C43H71N2O9P. The molecule has 12 heteroatoms. The highest BCUT2D eigenvalue weighted by Gasteiger charge is 2.23. The number of phosphoric ester groups is 1. The maximum Gasteiger partial charge on any atom is 0.326 e. The van der Waals surface area contributed by atoms with Gasteiger partial charge in [0.2, 0.25) is 0 Å². The molecule has 0 N–H and O–H groups in total. The maximum absolute atomic E-state index is 13.1. The second kappa shape index (κ2) is 26.9. The van der Waals surface area contributed by atoms with E-state index in [4.69, 9.17) is 18.5 Å². The molecule has 0 saturated carbocycles. The minimum atomic E-state index is -4.71. The van der Waals surface area contributed by atoms with E-state index in [0.29, 0.717) is 29.4 Å². The van der Waals surface area contributed by atoms with Crippen LogP contribution in [0.15, 0.2) is 36.4 Å². The summed E-state index contributed by atoms with van der Waals surface area (Å²) < 4.78 is 34.1. The van der Waals surface area contributed by atoms with E-state index in [2.05, 4.69) is 13.8 Å². The third kappa shape index (κ3) is 22.5. The zero-order chi connectivity index (χ0) is 40.5. The number of anilines is 1. The van der Waals surface area contributed by atoms with Crippen molar-refractivity contribution in [3.63, 3.8) is 0 Å². The van der Waals surface area contributed by atoms with Gasteiger partial charge >= 0.3 is 11.9 Å². The first-order chi connectivity index (χ1) is 26.2. The number of hydrogen-bond acceptors (Lipinski definition) is 10. The number of Topliss-reactive ketones (excluding diaryl/α,β-unsaturated/α-hetero) is 1. The highest BCUT2D eigenvalue weighted by atomic mass is 31.2. The maximum atomic E-state index is 13.1. The molecule has 0 spiro atoms. The summed E-state index contributed by atoms with van der Waals surface area (Å²) in [4.78, 5) is 52.7. The number of phosphoric acid groups is 1. The van der Waals surface area contributed by atoms with Gasteiger partial charge in [0.25, 0.3) is 7.82 Å². The molecule has 2 rings (SSSR count). The third-order valence-corrected chi connectivity index (χ3v) is 10.6. The van der Waals surface area contributed by atoms with Gasteiger partial charge in [-0.05, 0) is 41.8 Å². The Morgan fingerprint density at radius 1 is 0.709 bits per heavy atom. The van der Waals surface area contributed by atoms with E-state index in [0.717, 1.165) is 48.6 Å². The van der Waals surface area contributed by atoms with Crippen LogP contribution in [0.25, 0.3) is 10.8 Å². The summed E-state index contributed by atoms with van der Waals surface area (Å²) in [6.07, 6.45) is 17.8. The average molecular weight is 791 g/mol. The molecule has 11 nitrogen and oxygen atoms in total. The number of esters is 2. The molecule has 0 aromatic heterocycles. The van der Waals surface area contributed by atoms with E-state index in [1.54, 1.807) is 11.9 Å². The fourth-order valence-corrected chi connectivity index (χ4v) is 6.86. The Morgan fingerprint density at radius 3 is 1.85 bits per heavy atom. The molecule has 55 heavy (non-hydrogen) atoms. The number of nitrogens with zero attached hydrogens (tertiary/aromatic N) is 2. The van der Waals surface area contributed by atoms with E-state index in [1.165, 1.54) is 64.2 Å². The number of ketones is 1. The van der Waals surface area contributed by atoms with Crippen molar-refractivity contribution in [1.82, 2.24) is 0 Å². The fourth-order valence-electron chi connectivity index (χ4n) is 6.13. The summed E-state index contributed by atoms with van der Waals surface area (Å²) in [6, 6.07) is 11.4. The molecular weight excluding hydrogens is 719 g/mol. The number of rotatable bonds is 32. The van der Waals surface area contributed by atoms with Gasteiger partial charge < -0.3 is 32.8 Å². The lowest BCUT2D eigenvalue weighted by molar-refractivity contribution is -0.870. The first-order valence-electron chi connectivity index (χ1n) is 20.8. The number of quaternary nitrogens is 1. The van der Waals surface area contributed by atoms with Crippen molar-refractivity contribution in [3.05, 3.63) is 42.0 Å². The van der Waals surface area contributed by atoms with Crippen molar-refractivity contribution in [2.24, 2.45) is 0 Å². The predicted octanol–water partition coefficient (Wildman–Crippen LogP) is 9.18. The topological polar surface area (TPSA) is 132 Å². The molecule has 0 aliphatic rings. The van der Waals surface area contributed by atoms with Crippen LogP contribution in [0.3, 0.4) is 0 Å². The number of fused-ring (bicyclic) bond motifs is 1. The van der Waals surface area contributed by atoms with E-state index in [-0.39, 0.29) is 32.0 Å². The second-order valence-corrected chi connectivity index (χ2v) is 17.3. The van der Waals surface area contributed by atoms with Crippen LogP contribution in [0.2, 0.25) is 0 Å². The molecule has 312 valence electrons. The molecule has 2 aromatic carbocycles. The van der Waals surface area contributed by atoms with Crippen LogP contribution in [-0.4, -0.2) is 89.4 Å². The van der Waals surface area contributed by atoms with Gasteiger partial charge in [0.05, 0.1) is 27.7 Å². The number of unbranched alkanes of at least 4 members (excludes halogenated alkanes) is 14. The van der Waals surface area contributed by atoms with E-state index in [9.17, 15) is 23.8 Å². The minimum Gasteiger partial charge on any atom is -0.756 e. The smallest absolute Gasteiger partial charge is 0.326 e. The van der Waals surface area contributed by atoms with E-state index >= 15 is 0 Å². The fraction of sp³-hybridized carbons (Fsp3) is 0.698. The molecule has 0 amide bonds. The Morgan fingerprint density at radius 2 is 1.25 bits per heavy atom. The molecule has 2 aromatic rings. The number of carbonyl (C=O) groups is 3. The van der Waals surface area contributed by atoms with Crippen LogP contribution in [0.5, 0.6) is 0 Å². The van der Waals surface area contributed by atoms with Crippen molar-refractivity contribution in [3.8, 4) is 0 Å². The van der Waals surface area contributed by atoms with Crippen molar-refractivity contribution < 1.29 is 46.8 Å². The van der Waals surface area contributed by atoms with E-state index < -0.39 is 32.5 Å². The Balaban J connectivity index is 1.93. The lowest BCUT2D eigenvalue weighted by atomic mass is 10.00. The quantitative estimate of drug-likeness (QED) is 0.0232. The van der Waals surface area contributed by atoms with Gasteiger partial charge in [-0.2, -0.15) is 0 Å². The summed E-state index contributed by atoms with van der Waals surface area (Å²) in [5, 5.41) is 1.85. The first-order valence-corrected chi connectivity index (χ1v) is 22.2. The highest BCUT2D eigenvalue weighted by molar-refractivity contribution is 7.45. The third-order valence-electron chi connectivity index (χ3n) is 9.60. The van der Waals surface area contributed by atoms with Gasteiger partial charge in [-0.25, -0.2) is 0 Å². The molecule has 0 aliphatic carbocycles. The molecule has 0 bridgehead atoms. The summed E-state index contributed by atoms with van der Waals surface area (Å²) in [5.74, 6) is -0.940.